The van der Waals surface area contributed by atoms with Crippen molar-refractivity contribution in [3.63, 3.8) is 0 Å². The van der Waals surface area contributed by atoms with Crippen LogP contribution in [0.15, 0.2) is 47.8 Å². The second-order valence-electron chi connectivity index (χ2n) is 6.10. The molecule has 4 aromatic rings. The zero-order valence-electron chi connectivity index (χ0n) is 14.7. The molecule has 0 saturated carbocycles. The molecule has 0 saturated heterocycles. The summed E-state index contributed by atoms with van der Waals surface area (Å²) in [4.78, 5) is 15.0. The molecule has 142 valence electrons. The molecule has 10 heteroatoms. The van der Waals surface area contributed by atoms with Gasteiger partial charge >= 0.3 is 5.97 Å². The number of fused-ring (bicyclic) bond motifs is 1. The van der Waals surface area contributed by atoms with Crippen LogP contribution in [0, 0.1) is 0 Å². The van der Waals surface area contributed by atoms with Gasteiger partial charge in [0.25, 0.3) is 0 Å². The Balaban J connectivity index is 1.72. The Kier molecular flexibility index (Phi) is 4.72. The quantitative estimate of drug-likeness (QED) is 0.289. The molecule has 0 spiro atoms. The van der Waals surface area contributed by atoms with Crippen LogP contribution in [0.2, 0.25) is 0 Å². The molecule has 2 heterocycles. The maximum absolute atomic E-state index is 10.7. The average molecular weight is 396 g/mol. The summed E-state index contributed by atoms with van der Waals surface area (Å²) in [5.41, 5.74) is 6.23. The third-order valence-electron chi connectivity index (χ3n) is 4.20. The minimum atomic E-state index is -0.934. The summed E-state index contributed by atoms with van der Waals surface area (Å²) in [6.45, 7) is 0. The van der Waals surface area contributed by atoms with Crippen LogP contribution in [0.25, 0.3) is 33.4 Å². The van der Waals surface area contributed by atoms with E-state index >= 15 is 0 Å². The van der Waals surface area contributed by atoms with E-state index in [0.29, 0.717) is 22.2 Å². The van der Waals surface area contributed by atoms with E-state index in [1.807, 2.05) is 37.4 Å². The van der Waals surface area contributed by atoms with Crippen LogP contribution in [0.5, 0.6) is 0 Å². The fourth-order valence-corrected chi connectivity index (χ4v) is 3.42. The zero-order chi connectivity index (χ0) is 19.7. The van der Waals surface area contributed by atoms with E-state index in [0.717, 1.165) is 33.8 Å². The first kappa shape index (κ1) is 18.0. The second kappa shape index (κ2) is 7.33. The van der Waals surface area contributed by atoms with Crippen molar-refractivity contribution in [3.05, 3.63) is 42.6 Å². The molecule has 9 nitrogen and oxygen atoms in total. The number of carbonyl (C=O) groups is 1. The summed E-state index contributed by atoms with van der Waals surface area (Å²) < 4.78 is 1.81. The van der Waals surface area contributed by atoms with Crippen LogP contribution in [-0.4, -0.2) is 47.0 Å². The lowest BCUT2D eigenvalue weighted by molar-refractivity contribution is -0.133. The van der Waals surface area contributed by atoms with Crippen LogP contribution in [0.1, 0.15) is 0 Å². The van der Waals surface area contributed by atoms with Gasteiger partial charge in [-0.15, -0.1) is 5.10 Å². The Bertz CT molecular complexity index is 1170. The van der Waals surface area contributed by atoms with E-state index in [4.69, 9.17) is 5.11 Å². The van der Waals surface area contributed by atoms with Crippen molar-refractivity contribution in [1.29, 1.82) is 0 Å². The highest BCUT2D eigenvalue weighted by Gasteiger charge is 2.12. The number of H-pyrrole nitrogens is 1. The molecular weight excluding hydrogens is 380 g/mol. The molecule has 28 heavy (non-hydrogen) atoms. The fraction of sp³-hybridized carbons (Fsp3) is 0.111. The van der Waals surface area contributed by atoms with Gasteiger partial charge in [-0.25, -0.2) is 4.98 Å². The van der Waals surface area contributed by atoms with E-state index in [1.54, 1.807) is 16.9 Å². The lowest BCUT2D eigenvalue weighted by atomic mass is 10.0. The molecule has 0 aliphatic rings. The van der Waals surface area contributed by atoms with Crippen molar-refractivity contribution in [3.8, 4) is 22.5 Å². The Morgan fingerprint density at radius 3 is 2.82 bits per heavy atom. The first-order chi connectivity index (χ1) is 13.5. The number of nitrogens with zero attached hydrogens (tertiary/aromatic N) is 4. The minimum absolute atomic E-state index is 0.119. The summed E-state index contributed by atoms with van der Waals surface area (Å²) in [5.74, 6) is -0.573. The van der Waals surface area contributed by atoms with Gasteiger partial charge in [-0.05, 0) is 41.5 Å². The molecule has 0 unspecified atom stereocenters. The molecule has 0 radical (unpaired) electrons. The van der Waals surface area contributed by atoms with Gasteiger partial charge < -0.3 is 5.11 Å². The number of aliphatic carboxylic acids is 1. The Morgan fingerprint density at radius 1 is 1.21 bits per heavy atom. The lowest BCUT2D eigenvalue weighted by Crippen LogP contribution is -1.97. The van der Waals surface area contributed by atoms with Gasteiger partial charge in [0, 0.05) is 18.0 Å². The largest absolute Gasteiger partial charge is 0.481 e. The second-order valence-corrected chi connectivity index (χ2v) is 7.04. The monoisotopic (exact) mass is 396 g/mol. The third kappa shape index (κ3) is 3.55. The van der Waals surface area contributed by atoms with Gasteiger partial charge in [-0.2, -0.15) is 5.10 Å². The number of aromatic amines is 1. The van der Waals surface area contributed by atoms with Crippen LogP contribution >= 0.6 is 11.8 Å². The standard InChI is InChI=1S/C18H16N6O3S/c1-24-15-3-2-10(4-13(15)8-19-24)11-5-12(7-14(6-11)23-27)17-20-18(22-21-17)28-9-16(25)26/h2-8,23,27H,9H2,1H3,(H,25,26)(H,20,21,22). The number of carboxylic acid groups (broad SMARTS) is 1. The van der Waals surface area contributed by atoms with Crippen molar-refractivity contribution in [2.24, 2.45) is 7.05 Å². The Morgan fingerprint density at radius 2 is 2.04 bits per heavy atom. The average Bonchev–Trinajstić information content (AvgIpc) is 3.33. The number of hydrogen-bond donors (Lipinski definition) is 4. The third-order valence-corrected chi connectivity index (χ3v) is 5.04. The number of hydrogen-bond acceptors (Lipinski definition) is 7. The molecular formula is C18H16N6O3S. The first-order valence-electron chi connectivity index (χ1n) is 8.28. The molecule has 2 aromatic heterocycles. The van der Waals surface area contributed by atoms with Crippen molar-refractivity contribution in [2.45, 2.75) is 5.16 Å². The molecule has 0 aliphatic carbocycles. The van der Waals surface area contributed by atoms with Crippen molar-refractivity contribution in [2.75, 3.05) is 11.2 Å². The number of carboxylic acids is 1. The first-order valence-corrected chi connectivity index (χ1v) is 9.27. The number of aromatic nitrogens is 5. The minimum Gasteiger partial charge on any atom is -0.481 e. The Hall–Kier alpha value is -3.37. The normalized spacial score (nSPS) is 11.1. The van der Waals surface area contributed by atoms with Crippen molar-refractivity contribution < 1.29 is 15.1 Å². The summed E-state index contributed by atoms with van der Waals surface area (Å²) in [6.07, 6.45) is 1.80. The van der Waals surface area contributed by atoms with E-state index in [9.17, 15) is 10.0 Å². The molecule has 4 N–H and O–H groups in total. The predicted octanol–water partition coefficient (Wildman–Crippen LogP) is 3.00. The lowest BCUT2D eigenvalue weighted by Gasteiger charge is -2.08. The topological polar surface area (TPSA) is 129 Å². The van der Waals surface area contributed by atoms with Gasteiger partial charge in [0.2, 0.25) is 5.16 Å². The van der Waals surface area contributed by atoms with Gasteiger partial charge in [0.15, 0.2) is 5.82 Å². The molecule has 2 aromatic carbocycles. The van der Waals surface area contributed by atoms with E-state index in [2.05, 4.69) is 25.8 Å². The van der Waals surface area contributed by atoms with E-state index in [-0.39, 0.29) is 5.75 Å². The van der Waals surface area contributed by atoms with E-state index < -0.39 is 5.97 Å². The predicted molar refractivity (Wildman–Crippen MR) is 105 cm³/mol. The summed E-state index contributed by atoms with van der Waals surface area (Å²) in [6, 6.07) is 11.5. The number of benzene rings is 2. The number of rotatable bonds is 6. The highest BCUT2D eigenvalue weighted by atomic mass is 32.2. The van der Waals surface area contributed by atoms with Crippen LogP contribution in [0.4, 0.5) is 5.69 Å². The fourth-order valence-electron chi connectivity index (χ4n) is 2.91. The maximum Gasteiger partial charge on any atom is 0.313 e. The summed E-state index contributed by atoms with van der Waals surface area (Å²) >= 11 is 1.03. The van der Waals surface area contributed by atoms with Gasteiger partial charge in [0.05, 0.1) is 23.2 Å². The van der Waals surface area contributed by atoms with E-state index in [1.165, 1.54) is 0 Å². The number of thioether (sulfide) groups is 1. The molecule has 0 fully saturated rings. The van der Waals surface area contributed by atoms with Crippen LogP contribution < -0.4 is 5.48 Å². The number of nitrogens with one attached hydrogen (secondary N) is 2. The van der Waals surface area contributed by atoms with Crippen molar-refractivity contribution in [1.82, 2.24) is 25.0 Å². The van der Waals surface area contributed by atoms with Crippen LogP contribution in [-0.2, 0) is 11.8 Å². The molecule has 0 aliphatic heterocycles. The number of aryl methyl sites for hydroxylation is 1. The molecule has 0 amide bonds. The summed E-state index contributed by atoms with van der Waals surface area (Å²) in [7, 11) is 1.89. The highest BCUT2D eigenvalue weighted by molar-refractivity contribution is 7.99. The maximum atomic E-state index is 10.7. The van der Waals surface area contributed by atoms with Crippen LogP contribution in [0.3, 0.4) is 0 Å². The Labute approximate surface area is 163 Å². The van der Waals surface area contributed by atoms with Gasteiger partial charge in [-0.3, -0.25) is 25.3 Å². The van der Waals surface area contributed by atoms with Gasteiger partial charge in [-0.1, -0.05) is 17.8 Å². The SMILES string of the molecule is Cn1ncc2cc(-c3cc(NO)cc(-c4nc(SCC(=O)O)n[nH]4)c3)ccc21. The smallest absolute Gasteiger partial charge is 0.313 e. The summed E-state index contributed by atoms with van der Waals surface area (Å²) in [5, 5.41) is 30.7. The molecule has 0 bridgehead atoms. The number of anilines is 1. The van der Waals surface area contributed by atoms with Crippen molar-refractivity contribution >= 4 is 34.3 Å². The van der Waals surface area contributed by atoms with Gasteiger partial charge in [0.1, 0.15) is 0 Å². The zero-order valence-corrected chi connectivity index (χ0v) is 15.6. The molecule has 0 atom stereocenters. The molecule has 4 rings (SSSR count). The highest BCUT2D eigenvalue weighted by Crippen LogP contribution is 2.31.